The summed E-state index contributed by atoms with van der Waals surface area (Å²) < 4.78 is 13.5. The molecule has 3 heterocycles. The van der Waals surface area contributed by atoms with Crippen LogP contribution in [0.25, 0.3) is 16.5 Å². The lowest BCUT2D eigenvalue weighted by Gasteiger charge is -2.29. The van der Waals surface area contributed by atoms with Gasteiger partial charge in [-0.25, -0.2) is 9.78 Å². The third-order valence-electron chi connectivity index (χ3n) is 6.15. The summed E-state index contributed by atoms with van der Waals surface area (Å²) in [6.07, 6.45) is 4.25. The van der Waals surface area contributed by atoms with Crippen LogP contribution in [-0.4, -0.2) is 59.7 Å². The fourth-order valence-corrected chi connectivity index (χ4v) is 5.66. The Bertz CT molecular complexity index is 1310. The van der Waals surface area contributed by atoms with Crippen LogP contribution < -0.4 is 0 Å². The molecular formula is C28H37N3O4SSi. The molecule has 0 atom stereocenters. The Labute approximate surface area is 224 Å². The van der Waals surface area contributed by atoms with Gasteiger partial charge in [-0.3, -0.25) is 4.79 Å². The fourth-order valence-electron chi connectivity index (χ4n) is 4.11. The number of carbonyl (C=O) groups is 2. The highest BCUT2D eigenvalue weighted by atomic mass is 32.1. The summed E-state index contributed by atoms with van der Waals surface area (Å²) in [6.45, 7) is 14.8. The third kappa shape index (κ3) is 6.97. The normalized spacial score (nSPS) is 14.6. The molecule has 1 aliphatic heterocycles. The molecule has 0 N–H and O–H groups in total. The number of fused-ring (bicyclic) bond motifs is 1. The van der Waals surface area contributed by atoms with Crippen LogP contribution in [0.4, 0.5) is 4.79 Å². The molecule has 0 aliphatic carbocycles. The number of ether oxygens (including phenoxy) is 2. The van der Waals surface area contributed by atoms with Gasteiger partial charge in [0.25, 0.3) is 0 Å². The number of nitrogens with zero attached hydrogens (tertiary/aromatic N) is 3. The number of para-hydroxylation sites is 1. The lowest BCUT2D eigenvalue weighted by atomic mass is 10.1. The van der Waals surface area contributed by atoms with E-state index in [-0.39, 0.29) is 11.9 Å². The van der Waals surface area contributed by atoms with Crippen molar-refractivity contribution in [3.05, 3.63) is 58.2 Å². The molecule has 1 amide bonds. The number of aromatic nitrogens is 2. The smallest absolute Gasteiger partial charge is 0.410 e. The highest BCUT2D eigenvalue weighted by Gasteiger charge is 2.25. The predicted molar refractivity (Wildman–Crippen MR) is 152 cm³/mol. The molecule has 7 nitrogen and oxygen atoms in total. The Hall–Kier alpha value is -2.75. The lowest BCUT2D eigenvalue weighted by molar-refractivity contribution is 0.0270. The Balaban J connectivity index is 1.47. The lowest BCUT2D eigenvalue weighted by Crippen LogP contribution is -2.39. The zero-order valence-electron chi connectivity index (χ0n) is 22.7. The number of carbonyl (C=O) groups excluding carboxylic acids is 2. The second kappa shape index (κ2) is 10.9. The molecule has 0 bridgehead atoms. The number of hydrogen-bond donors (Lipinski definition) is 0. The minimum absolute atomic E-state index is 0.0833. The molecule has 4 rings (SSSR count). The number of hydrogen-bond acceptors (Lipinski definition) is 6. The van der Waals surface area contributed by atoms with Gasteiger partial charge in [-0.15, -0.1) is 11.3 Å². The summed E-state index contributed by atoms with van der Waals surface area (Å²) in [5.41, 5.74) is 2.95. The fraction of sp³-hybridized carbons (Fsp3) is 0.464. The summed E-state index contributed by atoms with van der Waals surface area (Å²) in [6, 6.07) is 9.03. The van der Waals surface area contributed by atoms with Crippen LogP contribution in [0, 0.1) is 0 Å². The van der Waals surface area contributed by atoms with Crippen molar-refractivity contribution in [1.82, 2.24) is 14.5 Å². The highest BCUT2D eigenvalue weighted by Crippen LogP contribution is 2.29. The van der Waals surface area contributed by atoms with E-state index in [1.165, 1.54) is 11.3 Å². The Morgan fingerprint density at radius 2 is 1.92 bits per heavy atom. The van der Waals surface area contributed by atoms with Crippen molar-refractivity contribution in [3.63, 3.8) is 0 Å². The van der Waals surface area contributed by atoms with E-state index in [4.69, 9.17) is 9.47 Å². The maximum absolute atomic E-state index is 13.5. The Kier molecular flexibility index (Phi) is 8.06. The van der Waals surface area contributed by atoms with Crippen molar-refractivity contribution < 1.29 is 19.1 Å². The summed E-state index contributed by atoms with van der Waals surface area (Å²) in [5.74, 6) is -0.0833. The summed E-state index contributed by atoms with van der Waals surface area (Å²) in [5, 5.41) is 3.30. The first kappa shape index (κ1) is 27.3. The molecule has 0 unspecified atom stereocenters. The molecular weight excluding hydrogens is 502 g/mol. The number of rotatable bonds is 8. The number of benzene rings is 1. The zero-order valence-corrected chi connectivity index (χ0v) is 24.5. The van der Waals surface area contributed by atoms with E-state index < -0.39 is 13.7 Å². The maximum atomic E-state index is 13.5. The Morgan fingerprint density at radius 1 is 1.16 bits per heavy atom. The molecule has 1 aliphatic rings. The monoisotopic (exact) mass is 539 g/mol. The van der Waals surface area contributed by atoms with E-state index in [1.807, 2.05) is 67.3 Å². The molecule has 0 radical (unpaired) electrons. The zero-order chi connectivity index (χ0) is 26.8. The van der Waals surface area contributed by atoms with E-state index in [2.05, 4.69) is 24.6 Å². The van der Waals surface area contributed by atoms with Gasteiger partial charge in [0.15, 0.2) is 5.01 Å². The molecule has 0 fully saturated rings. The van der Waals surface area contributed by atoms with Gasteiger partial charge in [0.2, 0.25) is 5.78 Å². The van der Waals surface area contributed by atoms with Gasteiger partial charge < -0.3 is 18.9 Å². The first-order valence-electron chi connectivity index (χ1n) is 12.7. The average Bonchev–Trinajstić information content (AvgIpc) is 3.46. The van der Waals surface area contributed by atoms with Crippen molar-refractivity contribution >= 4 is 47.8 Å². The average molecular weight is 540 g/mol. The van der Waals surface area contributed by atoms with Crippen molar-refractivity contribution in [2.45, 2.75) is 65.2 Å². The van der Waals surface area contributed by atoms with Crippen LogP contribution in [-0.2, 0) is 16.2 Å². The van der Waals surface area contributed by atoms with Crippen molar-refractivity contribution in [3.8, 4) is 0 Å². The first-order chi connectivity index (χ1) is 17.4. The second-order valence-electron chi connectivity index (χ2n) is 11.7. The van der Waals surface area contributed by atoms with Crippen LogP contribution in [0.3, 0.4) is 0 Å². The highest BCUT2D eigenvalue weighted by molar-refractivity contribution is 7.12. The minimum atomic E-state index is -1.16. The quantitative estimate of drug-likeness (QED) is 0.182. The van der Waals surface area contributed by atoms with Gasteiger partial charge in [-0.05, 0) is 44.9 Å². The van der Waals surface area contributed by atoms with Crippen molar-refractivity contribution in [2.75, 3.05) is 19.7 Å². The molecule has 198 valence electrons. The maximum Gasteiger partial charge on any atom is 0.410 e. The van der Waals surface area contributed by atoms with Crippen molar-refractivity contribution in [2.24, 2.45) is 0 Å². The second-order valence-corrected chi connectivity index (χ2v) is 18.1. The van der Waals surface area contributed by atoms with E-state index in [0.29, 0.717) is 36.8 Å². The Morgan fingerprint density at radius 3 is 2.59 bits per heavy atom. The third-order valence-corrected chi connectivity index (χ3v) is 8.69. The van der Waals surface area contributed by atoms with Gasteiger partial charge in [0.1, 0.15) is 12.3 Å². The number of amides is 1. The predicted octanol–water partition coefficient (Wildman–Crippen LogP) is 6.67. The molecule has 2 aromatic heterocycles. The molecule has 0 saturated carbocycles. The standard InChI is InChI=1S/C28H37N3O4SSi/c1-28(2,3)35-27(33)30-13-11-20(12-14-30)23-18-36-26(29-23)25(32)22-17-31(19-34-15-16-37(4,5)6)24-10-8-7-9-21(22)24/h7-11,17-18H,12-16,19H2,1-6H3. The largest absolute Gasteiger partial charge is 0.444 e. The first-order valence-corrected chi connectivity index (χ1v) is 17.3. The summed E-state index contributed by atoms with van der Waals surface area (Å²) in [4.78, 5) is 32.2. The number of thiazole rings is 1. The van der Waals surface area contributed by atoms with Crippen LogP contribution >= 0.6 is 11.3 Å². The van der Waals surface area contributed by atoms with E-state index >= 15 is 0 Å². The summed E-state index contributed by atoms with van der Waals surface area (Å²) in [7, 11) is -1.16. The van der Waals surface area contributed by atoms with E-state index in [9.17, 15) is 9.59 Å². The van der Waals surface area contributed by atoms with Crippen LogP contribution in [0.15, 0.2) is 41.9 Å². The molecule has 0 spiro atoms. The number of ketones is 1. The molecule has 1 aromatic carbocycles. The molecule has 0 saturated heterocycles. The van der Waals surface area contributed by atoms with Crippen LogP contribution in [0.5, 0.6) is 0 Å². The van der Waals surface area contributed by atoms with Gasteiger partial charge in [0.05, 0.1) is 16.8 Å². The topological polar surface area (TPSA) is 73.7 Å². The summed E-state index contributed by atoms with van der Waals surface area (Å²) >= 11 is 1.36. The van der Waals surface area contributed by atoms with E-state index in [1.54, 1.807) is 4.90 Å². The molecule has 3 aromatic rings. The van der Waals surface area contributed by atoms with Gasteiger partial charge in [0, 0.05) is 44.7 Å². The van der Waals surface area contributed by atoms with Gasteiger partial charge >= 0.3 is 6.09 Å². The molecule has 9 heteroatoms. The van der Waals surface area contributed by atoms with E-state index in [0.717, 1.165) is 34.8 Å². The van der Waals surface area contributed by atoms with Crippen molar-refractivity contribution in [1.29, 1.82) is 0 Å². The van der Waals surface area contributed by atoms with Crippen LogP contribution in [0.1, 0.15) is 48.3 Å². The van der Waals surface area contributed by atoms with Crippen LogP contribution in [0.2, 0.25) is 25.7 Å². The van der Waals surface area contributed by atoms with Gasteiger partial charge in [-0.1, -0.05) is 43.9 Å². The molecule has 37 heavy (non-hydrogen) atoms. The SMILES string of the molecule is CC(C)(C)OC(=O)N1CC=C(c2csc(C(=O)c3cn(COCC[Si](C)(C)C)c4ccccc34)n2)CC1. The van der Waals surface area contributed by atoms with Gasteiger partial charge in [-0.2, -0.15) is 0 Å². The minimum Gasteiger partial charge on any atom is -0.444 e.